The molecule has 11 heteroatoms. The lowest BCUT2D eigenvalue weighted by Gasteiger charge is -2.28. The molecule has 0 saturated carbocycles. The number of methoxy groups -OCH3 is 1. The largest absolute Gasteiger partial charge is 0.493 e. The highest BCUT2D eigenvalue weighted by atomic mass is 35.5. The Hall–Kier alpha value is -4.20. The van der Waals surface area contributed by atoms with E-state index in [-0.39, 0.29) is 17.1 Å². The van der Waals surface area contributed by atoms with Crippen LogP contribution in [-0.4, -0.2) is 49.2 Å². The lowest BCUT2D eigenvalue weighted by atomic mass is 10.0. The Balaban J connectivity index is 0.00000141. The first kappa shape index (κ1) is 30.3. The normalized spacial score (nSPS) is 12.5. The van der Waals surface area contributed by atoms with E-state index in [4.69, 9.17) is 31.0 Å². The maximum absolute atomic E-state index is 12.8. The van der Waals surface area contributed by atoms with Gasteiger partial charge in [-0.25, -0.2) is 0 Å². The van der Waals surface area contributed by atoms with Gasteiger partial charge in [-0.1, -0.05) is 41.8 Å². The van der Waals surface area contributed by atoms with Crippen LogP contribution in [-0.2, 0) is 28.7 Å². The first-order valence-corrected chi connectivity index (χ1v) is 12.4. The van der Waals surface area contributed by atoms with Crippen LogP contribution in [0.3, 0.4) is 0 Å². The van der Waals surface area contributed by atoms with E-state index in [1.807, 2.05) is 0 Å². The number of ether oxygens (including phenoxy) is 2. The second-order valence-corrected chi connectivity index (χ2v) is 8.92. The summed E-state index contributed by atoms with van der Waals surface area (Å²) in [7, 11) is 1.50. The second-order valence-electron chi connectivity index (χ2n) is 8.51. The van der Waals surface area contributed by atoms with Crippen LogP contribution in [0.15, 0.2) is 60.7 Å². The number of amides is 1. The van der Waals surface area contributed by atoms with Gasteiger partial charge in [0.1, 0.15) is 6.61 Å². The number of alkyl halides is 3. The number of carbonyl (C=O) groups excluding carboxylic acids is 1. The Labute approximate surface area is 234 Å². The van der Waals surface area contributed by atoms with E-state index < -0.39 is 17.6 Å². The second kappa shape index (κ2) is 14.3. The summed E-state index contributed by atoms with van der Waals surface area (Å²) in [5.74, 6) is 5.16. The Morgan fingerprint density at radius 2 is 1.85 bits per heavy atom. The molecule has 3 aromatic carbocycles. The minimum atomic E-state index is -4.51. The summed E-state index contributed by atoms with van der Waals surface area (Å²) in [6.07, 6.45) is -3.50. The molecule has 0 aliphatic carbocycles. The standard InChI is InChI=1S/C28H24ClF3N2O3.CH2O2/c1-36-26-17-23(33-27(35)11-7-20-6-8-22(16-24(20)29)28(30,31)32)9-10-25(26)37-15-14-34-13-12-19-4-2-3-5-21(19)18-34;2-1-3/h2-6,8-10,16-17H,12-15,18H2,1H3,(H,33,35);1H,(H,2,3). The van der Waals surface area contributed by atoms with Crippen LogP contribution < -0.4 is 14.8 Å². The molecule has 1 aliphatic heterocycles. The molecule has 0 fully saturated rings. The minimum absolute atomic E-state index is 0.114. The molecular weight excluding hydrogens is 549 g/mol. The Kier molecular flexibility index (Phi) is 10.8. The summed E-state index contributed by atoms with van der Waals surface area (Å²) in [6.45, 7) is 2.85. The molecule has 0 atom stereocenters. The quantitative estimate of drug-likeness (QED) is 0.299. The molecule has 0 saturated heterocycles. The Morgan fingerprint density at radius 1 is 1.12 bits per heavy atom. The third kappa shape index (κ3) is 8.66. The number of rotatable bonds is 6. The molecule has 2 N–H and O–H groups in total. The van der Waals surface area contributed by atoms with Crippen LogP contribution in [0.2, 0.25) is 5.02 Å². The van der Waals surface area contributed by atoms with Crippen molar-refractivity contribution in [2.24, 2.45) is 0 Å². The number of fused-ring (bicyclic) bond motifs is 1. The molecule has 0 unspecified atom stereocenters. The molecule has 210 valence electrons. The van der Waals surface area contributed by atoms with Gasteiger partial charge in [-0.2, -0.15) is 13.2 Å². The van der Waals surface area contributed by atoms with Gasteiger partial charge in [0.25, 0.3) is 6.47 Å². The predicted molar refractivity (Wildman–Crippen MR) is 145 cm³/mol. The van der Waals surface area contributed by atoms with Crippen LogP contribution >= 0.6 is 11.6 Å². The molecule has 3 aromatic rings. The van der Waals surface area contributed by atoms with E-state index in [9.17, 15) is 18.0 Å². The van der Waals surface area contributed by atoms with Crippen molar-refractivity contribution in [1.29, 1.82) is 0 Å². The number of anilines is 1. The van der Waals surface area contributed by atoms with Gasteiger partial charge < -0.3 is 19.9 Å². The molecule has 0 radical (unpaired) electrons. The van der Waals surface area contributed by atoms with Gasteiger partial charge in [-0.05, 0) is 47.9 Å². The van der Waals surface area contributed by atoms with Crippen molar-refractivity contribution in [3.05, 3.63) is 87.9 Å². The van der Waals surface area contributed by atoms with Crippen molar-refractivity contribution in [3.8, 4) is 23.3 Å². The molecule has 7 nitrogen and oxygen atoms in total. The van der Waals surface area contributed by atoms with E-state index in [0.29, 0.717) is 23.8 Å². The van der Waals surface area contributed by atoms with Gasteiger partial charge in [0.15, 0.2) is 11.5 Å². The average molecular weight is 575 g/mol. The number of hydrogen-bond acceptors (Lipinski definition) is 5. The number of benzene rings is 3. The van der Waals surface area contributed by atoms with E-state index in [1.54, 1.807) is 18.2 Å². The summed E-state index contributed by atoms with van der Waals surface area (Å²) >= 11 is 5.88. The van der Waals surface area contributed by atoms with E-state index in [2.05, 4.69) is 46.3 Å². The van der Waals surface area contributed by atoms with Crippen molar-refractivity contribution in [3.63, 3.8) is 0 Å². The van der Waals surface area contributed by atoms with Gasteiger partial charge in [-0.15, -0.1) is 0 Å². The molecule has 1 heterocycles. The lowest BCUT2D eigenvalue weighted by Crippen LogP contribution is -2.33. The van der Waals surface area contributed by atoms with Gasteiger partial charge in [0, 0.05) is 42.9 Å². The maximum Gasteiger partial charge on any atom is 0.416 e. The summed E-state index contributed by atoms with van der Waals surface area (Å²) in [6, 6.07) is 16.2. The van der Waals surface area contributed by atoms with Crippen molar-refractivity contribution in [2.75, 3.05) is 32.1 Å². The van der Waals surface area contributed by atoms with Gasteiger partial charge in [-0.3, -0.25) is 14.5 Å². The molecule has 0 bridgehead atoms. The molecule has 0 aromatic heterocycles. The van der Waals surface area contributed by atoms with Crippen molar-refractivity contribution >= 4 is 29.7 Å². The topological polar surface area (TPSA) is 88.1 Å². The number of halogens is 4. The highest BCUT2D eigenvalue weighted by molar-refractivity contribution is 6.31. The van der Waals surface area contributed by atoms with Gasteiger partial charge >= 0.3 is 12.1 Å². The van der Waals surface area contributed by atoms with Crippen LogP contribution in [0.1, 0.15) is 22.3 Å². The van der Waals surface area contributed by atoms with E-state index in [0.717, 1.165) is 44.3 Å². The lowest BCUT2D eigenvalue weighted by molar-refractivity contribution is -0.137. The zero-order valence-electron chi connectivity index (χ0n) is 21.4. The van der Waals surface area contributed by atoms with Gasteiger partial charge in [0.2, 0.25) is 0 Å². The van der Waals surface area contributed by atoms with Gasteiger partial charge in [0.05, 0.1) is 17.7 Å². The smallest absolute Gasteiger partial charge is 0.416 e. The predicted octanol–water partition coefficient (Wildman–Crippen LogP) is 5.50. The number of carboxylic acid groups (broad SMARTS) is 1. The Morgan fingerprint density at radius 3 is 2.52 bits per heavy atom. The van der Waals surface area contributed by atoms with E-state index in [1.165, 1.54) is 18.2 Å². The number of hydrogen-bond donors (Lipinski definition) is 2. The van der Waals surface area contributed by atoms with Crippen molar-refractivity contribution < 1.29 is 37.3 Å². The zero-order chi connectivity index (χ0) is 29.1. The zero-order valence-corrected chi connectivity index (χ0v) is 22.2. The van der Waals surface area contributed by atoms with Crippen LogP contribution in [0, 0.1) is 11.8 Å². The molecule has 1 amide bonds. The third-order valence-corrected chi connectivity index (χ3v) is 6.22. The summed E-state index contributed by atoms with van der Waals surface area (Å²) in [5.41, 5.74) is 2.39. The van der Waals surface area contributed by atoms with Crippen LogP contribution in [0.4, 0.5) is 18.9 Å². The molecular formula is C29H26ClF3N2O5. The molecule has 1 aliphatic rings. The summed E-state index contributed by atoms with van der Waals surface area (Å²) < 4.78 is 49.6. The fourth-order valence-electron chi connectivity index (χ4n) is 3.97. The number of nitrogens with one attached hydrogen (secondary N) is 1. The third-order valence-electron chi connectivity index (χ3n) is 5.90. The molecule has 0 spiro atoms. The van der Waals surface area contributed by atoms with E-state index >= 15 is 0 Å². The van der Waals surface area contributed by atoms with Crippen LogP contribution in [0.25, 0.3) is 0 Å². The first-order valence-electron chi connectivity index (χ1n) is 12.0. The van der Waals surface area contributed by atoms with Crippen molar-refractivity contribution in [1.82, 2.24) is 4.90 Å². The average Bonchev–Trinajstić information content (AvgIpc) is 2.93. The Bertz CT molecular complexity index is 1400. The molecule has 4 rings (SSSR count). The highest BCUT2D eigenvalue weighted by Gasteiger charge is 2.30. The first-order chi connectivity index (χ1) is 19.1. The highest BCUT2D eigenvalue weighted by Crippen LogP contribution is 2.32. The van der Waals surface area contributed by atoms with Crippen LogP contribution in [0.5, 0.6) is 11.5 Å². The SMILES string of the molecule is COc1cc(NC(=O)C#Cc2ccc(C(F)(F)F)cc2Cl)ccc1OCCN1CCc2ccccc2C1.O=CO. The fourth-order valence-corrected chi connectivity index (χ4v) is 4.20. The number of carbonyl (C=O) groups is 2. The maximum atomic E-state index is 12.8. The summed E-state index contributed by atoms with van der Waals surface area (Å²) in [5, 5.41) is 9.31. The minimum Gasteiger partial charge on any atom is -0.493 e. The van der Waals surface area contributed by atoms with Crippen molar-refractivity contribution in [2.45, 2.75) is 19.1 Å². The summed E-state index contributed by atoms with van der Waals surface area (Å²) in [4.78, 5) is 23.0. The fraction of sp³-hybridized carbons (Fsp3) is 0.241. The molecule has 40 heavy (non-hydrogen) atoms. The monoisotopic (exact) mass is 574 g/mol. The number of nitrogens with zero attached hydrogens (tertiary/aromatic N) is 1.